The average Bonchev–Trinajstić information content (AvgIpc) is 2.69. The number of nitrogens with zero attached hydrogens (tertiary/aromatic N) is 3. The lowest BCUT2D eigenvalue weighted by Gasteiger charge is -2.13. The van der Waals surface area contributed by atoms with Crippen LogP contribution >= 0.6 is 11.6 Å². The van der Waals surface area contributed by atoms with Crippen molar-refractivity contribution in [2.24, 2.45) is 0 Å². The molecule has 0 amide bonds. The van der Waals surface area contributed by atoms with E-state index < -0.39 is 5.97 Å². The van der Waals surface area contributed by atoms with Gasteiger partial charge in [0.2, 0.25) is 11.8 Å². The number of carbonyl (C=O) groups excluding carboxylic acids is 1. The molecule has 0 aliphatic heterocycles. The van der Waals surface area contributed by atoms with Crippen molar-refractivity contribution in [1.82, 2.24) is 15.0 Å². The number of benzene rings is 1. The second-order valence-corrected chi connectivity index (χ2v) is 5.54. The Balaban J connectivity index is 2.18. The number of ether oxygens (including phenoxy) is 4. The smallest absolute Gasteiger partial charge is 0.360 e. The quantitative estimate of drug-likeness (QED) is 0.465. The highest BCUT2D eigenvalue weighted by Gasteiger charge is 2.23. The van der Waals surface area contributed by atoms with Gasteiger partial charge >= 0.3 is 12.0 Å². The van der Waals surface area contributed by atoms with E-state index in [1.807, 2.05) is 0 Å². The molecule has 0 bridgehead atoms. The first-order chi connectivity index (χ1) is 13.1. The monoisotopic (exact) mass is 389 g/mol. The summed E-state index contributed by atoms with van der Waals surface area (Å²) in [6.07, 6.45) is 0. The standard InChI is InChI=1S/C18H16ClN3O5/c1-4-26-17(23)14-15(10-7-5-6-8-11(10)16(19)22-14)27-18-20-12(24-2)9-13(21-18)25-3/h5-9H,4H2,1-3H3. The first kappa shape index (κ1) is 18.7. The van der Waals surface area contributed by atoms with Gasteiger partial charge < -0.3 is 18.9 Å². The van der Waals surface area contributed by atoms with Crippen LogP contribution in [0.2, 0.25) is 5.15 Å². The molecule has 0 saturated heterocycles. The molecule has 0 aliphatic rings. The third-order valence-corrected chi connectivity index (χ3v) is 3.85. The number of aromatic nitrogens is 3. The second-order valence-electron chi connectivity index (χ2n) is 5.18. The van der Waals surface area contributed by atoms with Gasteiger partial charge in [0.25, 0.3) is 0 Å². The zero-order chi connectivity index (χ0) is 19.4. The van der Waals surface area contributed by atoms with E-state index in [4.69, 9.17) is 30.5 Å². The Morgan fingerprint density at radius 3 is 2.26 bits per heavy atom. The molecule has 0 saturated carbocycles. The van der Waals surface area contributed by atoms with Crippen LogP contribution in [-0.4, -0.2) is 41.7 Å². The SMILES string of the molecule is CCOC(=O)c1nc(Cl)c2ccccc2c1Oc1nc(OC)cc(OC)n1. The molecule has 3 aromatic rings. The van der Waals surface area contributed by atoms with Crippen LogP contribution < -0.4 is 14.2 Å². The maximum Gasteiger partial charge on any atom is 0.360 e. The molecule has 9 heteroatoms. The Kier molecular flexibility index (Phi) is 5.56. The predicted octanol–water partition coefficient (Wildman–Crippen LogP) is 3.66. The van der Waals surface area contributed by atoms with Gasteiger partial charge in [-0.3, -0.25) is 0 Å². The van der Waals surface area contributed by atoms with E-state index in [9.17, 15) is 4.79 Å². The lowest BCUT2D eigenvalue weighted by atomic mass is 10.1. The number of hydrogen-bond acceptors (Lipinski definition) is 8. The molecule has 0 atom stereocenters. The molecule has 0 spiro atoms. The maximum atomic E-state index is 12.4. The normalized spacial score (nSPS) is 10.5. The van der Waals surface area contributed by atoms with Gasteiger partial charge in [0, 0.05) is 10.8 Å². The van der Waals surface area contributed by atoms with Crippen molar-refractivity contribution >= 4 is 28.3 Å². The number of carbonyl (C=O) groups is 1. The number of hydrogen-bond donors (Lipinski definition) is 0. The van der Waals surface area contributed by atoms with Crippen LogP contribution in [0.15, 0.2) is 30.3 Å². The van der Waals surface area contributed by atoms with E-state index in [0.29, 0.717) is 10.8 Å². The predicted molar refractivity (Wildman–Crippen MR) is 97.9 cm³/mol. The maximum absolute atomic E-state index is 12.4. The van der Waals surface area contributed by atoms with Gasteiger partial charge in [-0.1, -0.05) is 35.9 Å². The van der Waals surface area contributed by atoms with E-state index in [-0.39, 0.29) is 41.0 Å². The number of methoxy groups -OCH3 is 2. The molecule has 3 rings (SSSR count). The molecule has 1 aromatic carbocycles. The fourth-order valence-electron chi connectivity index (χ4n) is 2.37. The van der Waals surface area contributed by atoms with Gasteiger partial charge in [-0.05, 0) is 6.92 Å². The zero-order valence-electron chi connectivity index (χ0n) is 14.9. The Hall–Kier alpha value is -3.13. The van der Waals surface area contributed by atoms with Crippen molar-refractivity contribution in [1.29, 1.82) is 0 Å². The van der Waals surface area contributed by atoms with Crippen LogP contribution in [0, 0.1) is 0 Å². The topological polar surface area (TPSA) is 92.7 Å². The van der Waals surface area contributed by atoms with Crippen molar-refractivity contribution in [3.8, 4) is 23.5 Å². The van der Waals surface area contributed by atoms with Crippen molar-refractivity contribution in [2.75, 3.05) is 20.8 Å². The summed E-state index contributed by atoms with van der Waals surface area (Å²) in [6, 6.07) is 8.52. The summed E-state index contributed by atoms with van der Waals surface area (Å²) in [5, 5.41) is 1.33. The molecule has 8 nitrogen and oxygen atoms in total. The highest BCUT2D eigenvalue weighted by Crippen LogP contribution is 2.36. The van der Waals surface area contributed by atoms with Crippen LogP contribution in [0.5, 0.6) is 23.5 Å². The summed E-state index contributed by atoms with van der Waals surface area (Å²) in [5.74, 6) is -0.0692. The third kappa shape index (κ3) is 3.85. The molecule has 2 aromatic heterocycles. The molecular weight excluding hydrogens is 374 g/mol. The summed E-state index contributed by atoms with van der Waals surface area (Å²) in [7, 11) is 2.91. The van der Waals surface area contributed by atoms with E-state index >= 15 is 0 Å². The van der Waals surface area contributed by atoms with Crippen molar-refractivity contribution < 1.29 is 23.7 Å². The fraction of sp³-hybridized carbons (Fsp3) is 0.222. The molecule has 2 heterocycles. The Morgan fingerprint density at radius 2 is 1.67 bits per heavy atom. The molecule has 0 unspecified atom stereocenters. The van der Waals surface area contributed by atoms with Crippen LogP contribution in [0.4, 0.5) is 0 Å². The number of pyridine rings is 1. The first-order valence-corrected chi connectivity index (χ1v) is 8.35. The molecule has 140 valence electrons. The number of esters is 1. The molecule has 27 heavy (non-hydrogen) atoms. The van der Waals surface area contributed by atoms with Crippen LogP contribution in [0.3, 0.4) is 0 Å². The molecular formula is C18H16ClN3O5. The Labute approximate surface area is 160 Å². The van der Waals surface area contributed by atoms with Crippen molar-refractivity contribution in [3.05, 3.63) is 41.2 Å². The number of rotatable bonds is 6. The van der Waals surface area contributed by atoms with E-state index in [2.05, 4.69) is 15.0 Å². The summed E-state index contributed by atoms with van der Waals surface area (Å²) >= 11 is 6.23. The van der Waals surface area contributed by atoms with E-state index in [1.54, 1.807) is 31.2 Å². The minimum atomic E-state index is -0.671. The number of fused-ring (bicyclic) bond motifs is 1. The lowest BCUT2D eigenvalue weighted by molar-refractivity contribution is 0.0516. The highest BCUT2D eigenvalue weighted by molar-refractivity contribution is 6.34. The van der Waals surface area contributed by atoms with Gasteiger partial charge in [0.15, 0.2) is 11.4 Å². The second kappa shape index (κ2) is 8.05. The largest absolute Gasteiger partial charge is 0.481 e. The lowest BCUT2D eigenvalue weighted by Crippen LogP contribution is -2.10. The van der Waals surface area contributed by atoms with Crippen LogP contribution in [0.1, 0.15) is 17.4 Å². The Bertz CT molecular complexity index is 974. The summed E-state index contributed by atoms with van der Waals surface area (Å²) in [4.78, 5) is 24.8. The average molecular weight is 390 g/mol. The molecule has 0 aliphatic carbocycles. The number of halogens is 1. The van der Waals surface area contributed by atoms with E-state index in [1.165, 1.54) is 20.3 Å². The molecule has 0 fully saturated rings. The van der Waals surface area contributed by atoms with Gasteiger partial charge in [-0.25, -0.2) is 9.78 Å². The molecule has 0 N–H and O–H groups in total. The van der Waals surface area contributed by atoms with Crippen LogP contribution in [0.25, 0.3) is 10.8 Å². The summed E-state index contributed by atoms with van der Waals surface area (Å²) in [5.41, 5.74) is -0.0778. The van der Waals surface area contributed by atoms with Gasteiger partial charge in [-0.2, -0.15) is 9.97 Å². The Morgan fingerprint density at radius 1 is 1.04 bits per heavy atom. The van der Waals surface area contributed by atoms with Gasteiger partial charge in [0.1, 0.15) is 5.15 Å². The zero-order valence-corrected chi connectivity index (χ0v) is 15.6. The minimum Gasteiger partial charge on any atom is -0.481 e. The van der Waals surface area contributed by atoms with Gasteiger partial charge in [0.05, 0.1) is 26.9 Å². The van der Waals surface area contributed by atoms with Gasteiger partial charge in [-0.15, -0.1) is 0 Å². The van der Waals surface area contributed by atoms with Crippen LogP contribution in [-0.2, 0) is 4.74 Å². The van der Waals surface area contributed by atoms with Crippen molar-refractivity contribution in [2.45, 2.75) is 6.92 Å². The summed E-state index contributed by atoms with van der Waals surface area (Å²) in [6.45, 7) is 1.87. The summed E-state index contributed by atoms with van der Waals surface area (Å²) < 4.78 is 21.1. The first-order valence-electron chi connectivity index (χ1n) is 7.97. The van der Waals surface area contributed by atoms with Crippen molar-refractivity contribution in [3.63, 3.8) is 0 Å². The third-order valence-electron chi connectivity index (χ3n) is 3.56. The molecule has 0 radical (unpaired) electrons. The highest BCUT2D eigenvalue weighted by atomic mass is 35.5. The van der Waals surface area contributed by atoms with E-state index in [0.717, 1.165) is 0 Å². The minimum absolute atomic E-state index is 0.0778. The fourth-order valence-corrected chi connectivity index (χ4v) is 2.62.